The highest BCUT2D eigenvalue weighted by molar-refractivity contribution is 7.85. The normalized spacial score (nSPS) is 11.1. The molecule has 12 heavy (non-hydrogen) atoms. The molecule has 0 amide bonds. The van der Waals surface area contributed by atoms with Gasteiger partial charge in [-0.1, -0.05) is 29.3 Å². The van der Waals surface area contributed by atoms with Gasteiger partial charge in [-0.2, -0.15) is 8.42 Å². The Morgan fingerprint density at radius 1 is 1.17 bits per heavy atom. The highest BCUT2D eigenvalue weighted by atomic mass is 32.2. The quantitative estimate of drug-likeness (QED) is 0.696. The monoisotopic (exact) mass is 183 g/mol. The maximum atomic E-state index is 10.5. The zero-order valence-electron chi connectivity index (χ0n) is 6.23. The molecule has 0 unspecified atom stereocenters. The molecule has 0 aliphatic heterocycles. The van der Waals surface area contributed by atoms with Crippen molar-refractivity contribution in [3.63, 3.8) is 0 Å². The average Bonchev–Trinajstić information content (AvgIpc) is 2.03. The van der Waals surface area contributed by atoms with E-state index in [1.165, 1.54) is 24.3 Å². The third kappa shape index (κ3) is 1.93. The van der Waals surface area contributed by atoms with Crippen LogP contribution in [0.5, 0.6) is 0 Å². The molecule has 1 rings (SSSR count). The lowest BCUT2D eigenvalue weighted by molar-refractivity contribution is 0.414. The van der Waals surface area contributed by atoms with Crippen LogP contribution in [0.15, 0.2) is 35.7 Å². The summed E-state index contributed by atoms with van der Waals surface area (Å²) in [6.07, 6.45) is 1.57. The minimum atomic E-state index is -4.31. The van der Waals surface area contributed by atoms with E-state index in [9.17, 15) is 13.0 Å². The van der Waals surface area contributed by atoms with E-state index in [-0.39, 0.29) is 4.90 Å². The second-order valence-electron chi connectivity index (χ2n) is 2.23. The minimum Gasteiger partial charge on any atom is -0.192 e. The fourth-order valence-electron chi connectivity index (χ4n) is 0.771. The second-order valence-corrected chi connectivity index (χ2v) is 3.61. The molecule has 0 bridgehead atoms. The summed E-state index contributed by atoms with van der Waals surface area (Å²) in [5.41, 5.74) is 0.780. The van der Waals surface area contributed by atoms with E-state index >= 15 is 0 Å². The van der Waals surface area contributed by atoms with Gasteiger partial charge in [0.05, 0.1) is 4.90 Å². The predicted molar refractivity (Wildman–Crippen MR) is 44.4 cm³/mol. The molecule has 0 aliphatic rings. The van der Waals surface area contributed by atoms with Crippen molar-refractivity contribution in [3.8, 4) is 0 Å². The number of hydrogen-bond donors (Lipinski definition) is 0. The standard InChI is InChI=1S/C8H7O3S/c1-2-7-3-5-8(6-4-7)12(9,10)11/h2-6H,1H2. The average molecular weight is 183 g/mol. The number of benzene rings is 1. The van der Waals surface area contributed by atoms with E-state index in [0.717, 1.165) is 5.56 Å². The molecular weight excluding hydrogens is 176 g/mol. The maximum absolute atomic E-state index is 10.5. The van der Waals surface area contributed by atoms with Crippen LogP contribution < -0.4 is 0 Å². The Hall–Kier alpha value is -1.13. The van der Waals surface area contributed by atoms with E-state index in [0.29, 0.717) is 0 Å². The van der Waals surface area contributed by atoms with E-state index in [1.807, 2.05) is 0 Å². The van der Waals surface area contributed by atoms with Gasteiger partial charge in [-0.15, -0.1) is 0 Å². The van der Waals surface area contributed by atoms with Gasteiger partial charge in [0.15, 0.2) is 0 Å². The predicted octanol–water partition coefficient (Wildman–Crippen LogP) is 1.45. The molecule has 0 fully saturated rings. The smallest absolute Gasteiger partial charge is 0.192 e. The van der Waals surface area contributed by atoms with Crippen molar-refractivity contribution in [2.45, 2.75) is 4.90 Å². The topological polar surface area (TPSA) is 54.0 Å². The molecule has 1 aromatic carbocycles. The SMILES string of the molecule is C=Cc1ccc(S([O])(=O)=O)cc1. The first-order valence-corrected chi connectivity index (χ1v) is 4.63. The van der Waals surface area contributed by atoms with E-state index in [1.54, 1.807) is 6.08 Å². The first-order valence-electron chi connectivity index (χ1n) is 3.22. The minimum absolute atomic E-state index is 0.215. The molecule has 0 N–H and O–H groups in total. The second kappa shape index (κ2) is 3.08. The van der Waals surface area contributed by atoms with Crippen molar-refractivity contribution in [2.75, 3.05) is 0 Å². The molecule has 63 valence electrons. The lowest BCUT2D eigenvalue weighted by atomic mass is 10.2. The molecule has 0 aliphatic carbocycles. The third-order valence-electron chi connectivity index (χ3n) is 1.40. The van der Waals surface area contributed by atoms with Gasteiger partial charge in [0.2, 0.25) is 0 Å². The molecule has 0 heterocycles. The van der Waals surface area contributed by atoms with Crippen LogP contribution in [0.25, 0.3) is 6.08 Å². The summed E-state index contributed by atoms with van der Waals surface area (Å²) >= 11 is 0. The molecule has 0 aromatic heterocycles. The first-order chi connectivity index (χ1) is 5.54. The van der Waals surface area contributed by atoms with Crippen LogP contribution in [-0.4, -0.2) is 8.42 Å². The molecule has 1 radical (unpaired) electrons. The Balaban J connectivity index is 3.17. The fourth-order valence-corrected chi connectivity index (χ4v) is 1.24. The lowest BCUT2D eigenvalue weighted by Crippen LogP contribution is -1.94. The largest absolute Gasteiger partial charge is 0.324 e. The van der Waals surface area contributed by atoms with Crippen LogP contribution >= 0.6 is 0 Å². The molecule has 0 saturated heterocycles. The van der Waals surface area contributed by atoms with E-state index in [4.69, 9.17) is 0 Å². The van der Waals surface area contributed by atoms with Crippen molar-refractivity contribution in [3.05, 3.63) is 36.4 Å². The molecule has 4 heteroatoms. The third-order valence-corrected chi connectivity index (χ3v) is 2.25. The Kier molecular flexibility index (Phi) is 2.30. The Morgan fingerprint density at radius 2 is 1.67 bits per heavy atom. The molecule has 1 aromatic rings. The summed E-state index contributed by atoms with van der Waals surface area (Å²) in [6, 6.07) is 5.58. The Labute approximate surface area is 71.1 Å². The lowest BCUT2D eigenvalue weighted by Gasteiger charge is -1.94. The summed E-state index contributed by atoms with van der Waals surface area (Å²) in [4.78, 5) is -0.215. The summed E-state index contributed by atoms with van der Waals surface area (Å²) in [7, 11) is -4.31. The van der Waals surface area contributed by atoms with Gasteiger partial charge in [-0.05, 0) is 17.7 Å². The van der Waals surface area contributed by atoms with Crippen LogP contribution in [0.3, 0.4) is 0 Å². The van der Waals surface area contributed by atoms with Crippen LogP contribution in [0.2, 0.25) is 0 Å². The zero-order valence-corrected chi connectivity index (χ0v) is 7.04. The van der Waals surface area contributed by atoms with Crippen molar-refractivity contribution in [1.82, 2.24) is 0 Å². The Morgan fingerprint density at radius 3 is 2.00 bits per heavy atom. The summed E-state index contributed by atoms with van der Waals surface area (Å²) < 4.78 is 31.4. The van der Waals surface area contributed by atoms with E-state index < -0.39 is 10.1 Å². The number of hydrogen-bond acceptors (Lipinski definition) is 2. The van der Waals surface area contributed by atoms with Crippen molar-refractivity contribution < 1.29 is 13.0 Å². The molecule has 0 saturated carbocycles. The molecule has 0 atom stereocenters. The van der Waals surface area contributed by atoms with E-state index in [2.05, 4.69) is 6.58 Å². The van der Waals surface area contributed by atoms with Gasteiger partial charge in [-0.25, -0.2) is 0 Å². The Bertz CT molecular complexity index is 375. The van der Waals surface area contributed by atoms with Gasteiger partial charge in [0.1, 0.15) is 0 Å². The van der Waals surface area contributed by atoms with Crippen LogP contribution in [0.1, 0.15) is 5.56 Å². The van der Waals surface area contributed by atoms with Gasteiger partial charge < -0.3 is 0 Å². The maximum Gasteiger partial charge on any atom is 0.324 e. The van der Waals surface area contributed by atoms with Gasteiger partial charge >= 0.3 is 10.1 Å². The summed E-state index contributed by atoms with van der Waals surface area (Å²) in [5.74, 6) is 0. The molecular formula is C8H7O3S. The van der Waals surface area contributed by atoms with Crippen molar-refractivity contribution in [1.29, 1.82) is 0 Å². The van der Waals surface area contributed by atoms with Gasteiger partial charge in [-0.3, -0.25) is 0 Å². The fraction of sp³-hybridized carbons (Fsp3) is 0. The highest BCUT2D eigenvalue weighted by Crippen LogP contribution is 2.10. The van der Waals surface area contributed by atoms with Crippen LogP contribution in [0, 0.1) is 0 Å². The molecule has 0 spiro atoms. The highest BCUT2D eigenvalue weighted by Gasteiger charge is 2.09. The number of rotatable bonds is 2. The first kappa shape index (κ1) is 8.96. The van der Waals surface area contributed by atoms with Crippen LogP contribution in [0.4, 0.5) is 0 Å². The van der Waals surface area contributed by atoms with Crippen molar-refractivity contribution >= 4 is 16.2 Å². The van der Waals surface area contributed by atoms with Gasteiger partial charge in [0.25, 0.3) is 0 Å². The van der Waals surface area contributed by atoms with Crippen molar-refractivity contribution in [2.24, 2.45) is 0 Å². The summed E-state index contributed by atoms with van der Waals surface area (Å²) in [6.45, 7) is 3.50. The molecule has 3 nitrogen and oxygen atoms in total. The zero-order chi connectivity index (χ0) is 9.19. The van der Waals surface area contributed by atoms with Gasteiger partial charge in [0, 0.05) is 0 Å². The summed E-state index contributed by atoms with van der Waals surface area (Å²) in [5, 5.41) is 0. The van der Waals surface area contributed by atoms with Crippen LogP contribution in [-0.2, 0) is 14.7 Å².